The van der Waals surface area contributed by atoms with Crippen molar-refractivity contribution in [1.82, 2.24) is 0 Å². The second kappa shape index (κ2) is 8.26. The topological polar surface area (TPSA) is 66.4 Å². The van der Waals surface area contributed by atoms with Gasteiger partial charge in [-0.25, -0.2) is 0 Å². The lowest BCUT2D eigenvalue weighted by atomic mass is 9.89. The van der Waals surface area contributed by atoms with Crippen LogP contribution < -0.4 is 0 Å². The monoisotopic (exact) mass is 290 g/mol. The highest BCUT2D eigenvalue weighted by Crippen LogP contribution is 2.37. The molecule has 0 amide bonds. The molecule has 1 heterocycles. The lowest BCUT2D eigenvalue weighted by Gasteiger charge is -2.38. The van der Waals surface area contributed by atoms with Crippen LogP contribution in [0, 0.1) is 0 Å². The van der Waals surface area contributed by atoms with E-state index in [4.69, 9.17) is 23.7 Å². The number of ether oxygens (including phenoxy) is 5. The fourth-order valence-corrected chi connectivity index (χ4v) is 2.69. The van der Waals surface area contributed by atoms with Gasteiger partial charge in [0, 0.05) is 33.2 Å². The number of aliphatic hydroxyl groups excluding tert-OH is 1. The Labute approximate surface area is 120 Å². The van der Waals surface area contributed by atoms with Crippen LogP contribution in [0.2, 0.25) is 0 Å². The Hall–Kier alpha value is -0.240. The van der Waals surface area contributed by atoms with Gasteiger partial charge < -0.3 is 28.8 Å². The van der Waals surface area contributed by atoms with E-state index in [0.717, 1.165) is 12.8 Å². The maximum atomic E-state index is 9.99. The van der Waals surface area contributed by atoms with E-state index in [0.29, 0.717) is 52.5 Å². The van der Waals surface area contributed by atoms with Crippen LogP contribution in [0.4, 0.5) is 0 Å². The summed E-state index contributed by atoms with van der Waals surface area (Å²) >= 11 is 0. The first-order valence-electron chi connectivity index (χ1n) is 7.40. The lowest BCUT2D eigenvalue weighted by molar-refractivity contribution is -0.222. The van der Waals surface area contributed by atoms with Gasteiger partial charge in [0.1, 0.15) is 0 Å². The van der Waals surface area contributed by atoms with Crippen molar-refractivity contribution >= 4 is 0 Å². The van der Waals surface area contributed by atoms with E-state index in [1.807, 2.05) is 0 Å². The Kier molecular flexibility index (Phi) is 6.67. The van der Waals surface area contributed by atoms with Gasteiger partial charge in [0.2, 0.25) is 0 Å². The van der Waals surface area contributed by atoms with Gasteiger partial charge in [0.05, 0.1) is 38.6 Å². The smallest absolute Gasteiger partial charge is 0.171 e. The maximum absolute atomic E-state index is 9.99. The van der Waals surface area contributed by atoms with E-state index in [-0.39, 0.29) is 6.10 Å². The highest BCUT2D eigenvalue weighted by molar-refractivity contribution is 4.88. The van der Waals surface area contributed by atoms with Crippen molar-refractivity contribution in [3.05, 3.63) is 0 Å². The third kappa shape index (κ3) is 4.65. The SMILES string of the molecule is COCCCOCCOC1CC2(CCC1O)OCCO2. The molecule has 1 N–H and O–H groups in total. The van der Waals surface area contributed by atoms with Crippen molar-refractivity contribution in [3.8, 4) is 0 Å². The predicted octanol–water partition coefficient (Wildman–Crippen LogP) is 0.713. The molecule has 1 aliphatic heterocycles. The van der Waals surface area contributed by atoms with Gasteiger partial charge in [-0.05, 0) is 12.8 Å². The molecule has 2 unspecified atom stereocenters. The van der Waals surface area contributed by atoms with Crippen molar-refractivity contribution in [3.63, 3.8) is 0 Å². The van der Waals surface area contributed by atoms with Gasteiger partial charge in [-0.1, -0.05) is 0 Å². The molecule has 1 aliphatic carbocycles. The van der Waals surface area contributed by atoms with Gasteiger partial charge in [-0.2, -0.15) is 0 Å². The lowest BCUT2D eigenvalue weighted by Crippen LogP contribution is -2.46. The van der Waals surface area contributed by atoms with E-state index < -0.39 is 11.9 Å². The number of aliphatic hydroxyl groups is 1. The molecule has 1 spiro atoms. The van der Waals surface area contributed by atoms with Crippen molar-refractivity contribution in [2.45, 2.75) is 43.7 Å². The third-order valence-electron chi connectivity index (χ3n) is 3.77. The first-order valence-corrected chi connectivity index (χ1v) is 7.40. The first kappa shape index (κ1) is 16.1. The first-order chi connectivity index (χ1) is 9.76. The molecular formula is C14H26O6. The van der Waals surface area contributed by atoms with Gasteiger partial charge in [0.15, 0.2) is 5.79 Å². The van der Waals surface area contributed by atoms with Crippen molar-refractivity contribution in [2.75, 3.05) is 46.8 Å². The van der Waals surface area contributed by atoms with E-state index >= 15 is 0 Å². The summed E-state index contributed by atoms with van der Waals surface area (Å²) < 4.78 is 27.4. The summed E-state index contributed by atoms with van der Waals surface area (Å²) in [6.07, 6.45) is 2.19. The van der Waals surface area contributed by atoms with Gasteiger partial charge in [-0.3, -0.25) is 0 Å². The molecule has 1 saturated carbocycles. The highest BCUT2D eigenvalue weighted by atomic mass is 16.7. The summed E-state index contributed by atoms with van der Waals surface area (Å²) in [7, 11) is 1.68. The molecule has 1 saturated heterocycles. The van der Waals surface area contributed by atoms with E-state index in [1.165, 1.54) is 0 Å². The second-order valence-corrected chi connectivity index (χ2v) is 5.29. The van der Waals surface area contributed by atoms with Crippen LogP contribution >= 0.6 is 0 Å². The molecule has 2 rings (SSSR count). The summed E-state index contributed by atoms with van der Waals surface area (Å²) in [6, 6.07) is 0. The molecule has 0 radical (unpaired) electrons. The Morgan fingerprint density at radius 2 is 1.95 bits per heavy atom. The Balaban J connectivity index is 1.61. The zero-order valence-electron chi connectivity index (χ0n) is 12.2. The van der Waals surface area contributed by atoms with Crippen LogP contribution in [0.25, 0.3) is 0 Å². The minimum atomic E-state index is -0.525. The minimum absolute atomic E-state index is 0.232. The van der Waals surface area contributed by atoms with Crippen molar-refractivity contribution in [2.24, 2.45) is 0 Å². The second-order valence-electron chi connectivity index (χ2n) is 5.29. The molecule has 20 heavy (non-hydrogen) atoms. The summed E-state index contributed by atoms with van der Waals surface area (Å²) in [4.78, 5) is 0. The molecular weight excluding hydrogens is 264 g/mol. The Morgan fingerprint density at radius 1 is 1.15 bits per heavy atom. The van der Waals surface area contributed by atoms with Crippen LogP contribution in [-0.4, -0.2) is 69.9 Å². The van der Waals surface area contributed by atoms with Crippen LogP contribution in [0.15, 0.2) is 0 Å². The maximum Gasteiger partial charge on any atom is 0.171 e. The van der Waals surface area contributed by atoms with Crippen LogP contribution in [0.3, 0.4) is 0 Å². The minimum Gasteiger partial charge on any atom is -0.390 e. The molecule has 2 aliphatic rings. The standard InChI is InChI=1S/C14H26O6/c1-16-5-2-6-17-7-8-18-13-11-14(4-3-12(13)15)19-9-10-20-14/h12-13,15H,2-11H2,1H3. The molecule has 0 aromatic carbocycles. The summed E-state index contributed by atoms with van der Waals surface area (Å²) in [6.45, 7) is 3.64. The molecule has 2 atom stereocenters. The molecule has 0 aromatic rings. The van der Waals surface area contributed by atoms with E-state index in [9.17, 15) is 5.11 Å². The molecule has 6 nitrogen and oxygen atoms in total. The quantitative estimate of drug-likeness (QED) is 0.664. The summed E-state index contributed by atoms with van der Waals surface area (Å²) in [5, 5.41) is 9.99. The Morgan fingerprint density at radius 3 is 2.70 bits per heavy atom. The number of hydrogen-bond acceptors (Lipinski definition) is 6. The number of hydrogen-bond donors (Lipinski definition) is 1. The summed E-state index contributed by atoms with van der Waals surface area (Å²) in [5.74, 6) is -0.525. The molecule has 2 fully saturated rings. The van der Waals surface area contributed by atoms with Crippen LogP contribution in [0.1, 0.15) is 25.7 Å². The van der Waals surface area contributed by atoms with Crippen LogP contribution in [-0.2, 0) is 23.7 Å². The zero-order chi connectivity index (χ0) is 14.3. The number of rotatable bonds is 8. The Bertz CT molecular complexity index is 266. The van der Waals surface area contributed by atoms with Crippen molar-refractivity contribution < 1.29 is 28.8 Å². The van der Waals surface area contributed by atoms with Crippen molar-refractivity contribution in [1.29, 1.82) is 0 Å². The molecule has 0 aromatic heterocycles. The average molecular weight is 290 g/mol. The zero-order valence-corrected chi connectivity index (χ0v) is 12.2. The average Bonchev–Trinajstić information content (AvgIpc) is 2.90. The van der Waals surface area contributed by atoms with E-state index in [1.54, 1.807) is 7.11 Å². The van der Waals surface area contributed by atoms with Gasteiger partial charge in [-0.15, -0.1) is 0 Å². The molecule has 6 heteroatoms. The van der Waals surface area contributed by atoms with E-state index in [2.05, 4.69) is 0 Å². The molecule has 0 bridgehead atoms. The van der Waals surface area contributed by atoms with Gasteiger partial charge >= 0.3 is 0 Å². The largest absolute Gasteiger partial charge is 0.390 e. The number of methoxy groups -OCH3 is 1. The fourth-order valence-electron chi connectivity index (χ4n) is 2.69. The fraction of sp³-hybridized carbons (Fsp3) is 1.00. The predicted molar refractivity (Wildman–Crippen MR) is 71.5 cm³/mol. The normalized spacial score (nSPS) is 29.1. The highest BCUT2D eigenvalue weighted by Gasteiger charge is 2.45. The third-order valence-corrected chi connectivity index (χ3v) is 3.77. The summed E-state index contributed by atoms with van der Waals surface area (Å²) in [5.41, 5.74) is 0. The molecule has 118 valence electrons. The van der Waals surface area contributed by atoms with Gasteiger partial charge in [0.25, 0.3) is 0 Å². The van der Waals surface area contributed by atoms with Crippen LogP contribution in [0.5, 0.6) is 0 Å².